The molecule has 0 aliphatic rings. The Morgan fingerprint density at radius 1 is 1.50 bits per heavy atom. The van der Waals surface area contributed by atoms with E-state index in [1.807, 2.05) is 0 Å². The lowest BCUT2D eigenvalue weighted by Gasteiger charge is -2.00. The topological polar surface area (TPSA) is 106 Å². The van der Waals surface area contributed by atoms with E-state index in [9.17, 15) is 18.0 Å². The fraction of sp³-hybridized carbons (Fsp3) is 0.222. The van der Waals surface area contributed by atoms with E-state index in [1.165, 1.54) is 11.6 Å². The van der Waals surface area contributed by atoms with E-state index < -0.39 is 26.8 Å². The maximum Gasteiger partial charge on any atom is 0.341 e. The van der Waals surface area contributed by atoms with Gasteiger partial charge in [0.2, 0.25) is 19.6 Å². The molecule has 2 aromatic rings. The summed E-state index contributed by atoms with van der Waals surface area (Å²) in [6.45, 7) is 0. The monoisotopic (exact) mass is 288 g/mol. The Kier molecular flexibility index (Phi) is 2.74. The molecule has 0 fully saturated rings. The number of thiazole rings is 1. The number of aryl methyl sites for hydroxylation is 1. The summed E-state index contributed by atoms with van der Waals surface area (Å²) >= 11 is 0.681. The van der Waals surface area contributed by atoms with Crippen molar-refractivity contribution >= 4 is 37.5 Å². The summed E-state index contributed by atoms with van der Waals surface area (Å²) in [5.74, 6) is -1.35. The number of carbonyl (C=O) groups is 1. The van der Waals surface area contributed by atoms with Gasteiger partial charge in [0.05, 0.1) is 0 Å². The van der Waals surface area contributed by atoms with Crippen LogP contribution in [0.3, 0.4) is 0 Å². The minimum absolute atomic E-state index is 0.0258. The van der Waals surface area contributed by atoms with Gasteiger partial charge in [-0.15, -0.1) is 0 Å². The molecule has 0 spiro atoms. The molecule has 1 N–H and O–H groups in total. The zero-order chi connectivity index (χ0) is 13.7. The highest BCUT2D eigenvalue weighted by Gasteiger charge is 2.20. The third-order valence-corrected chi connectivity index (χ3v) is 4.97. The number of carboxylic acids is 1. The lowest BCUT2D eigenvalue weighted by atomic mass is 10.3. The van der Waals surface area contributed by atoms with Crippen molar-refractivity contribution in [1.82, 2.24) is 9.55 Å². The largest absolute Gasteiger partial charge is 0.477 e. The van der Waals surface area contributed by atoms with Crippen LogP contribution in [0.15, 0.2) is 15.3 Å². The highest BCUT2D eigenvalue weighted by atomic mass is 32.2. The van der Waals surface area contributed by atoms with Crippen LogP contribution in [0.25, 0.3) is 10.3 Å². The van der Waals surface area contributed by atoms with E-state index in [1.54, 1.807) is 0 Å². The molecule has 0 unspecified atom stereocenters. The molecule has 0 aromatic carbocycles. The predicted octanol–water partition coefficient (Wildman–Crippen LogP) is 0.0967. The molecule has 0 saturated heterocycles. The number of rotatable bonds is 2. The Morgan fingerprint density at radius 2 is 2.11 bits per heavy atom. The number of sulfone groups is 1. The molecule has 2 aromatic heterocycles. The average Bonchev–Trinajstić information content (AvgIpc) is 2.67. The quantitative estimate of drug-likeness (QED) is 0.839. The molecule has 0 saturated carbocycles. The van der Waals surface area contributed by atoms with Gasteiger partial charge in [0.1, 0.15) is 10.3 Å². The average molecular weight is 288 g/mol. The standard InChI is InChI=1S/C9H8N2O5S2/c1-11-3-4(8(13)14)5(12)6-7(11)10-9(17-6)18(2,15)16/h3H,1-2H3,(H,13,14). The number of carboxylic acid groups (broad SMARTS) is 1. The molecule has 0 bridgehead atoms. The molecule has 2 heterocycles. The third-order valence-electron chi connectivity index (χ3n) is 2.24. The van der Waals surface area contributed by atoms with Crippen LogP contribution in [-0.2, 0) is 16.9 Å². The van der Waals surface area contributed by atoms with Crippen LogP contribution in [0, 0.1) is 0 Å². The molecular formula is C9H8N2O5S2. The molecule has 7 nitrogen and oxygen atoms in total. The highest BCUT2D eigenvalue weighted by molar-refractivity contribution is 7.92. The second-order valence-electron chi connectivity index (χ2n) is 3.69. The van der Waals surface area contributed by atoms with Crippen molar-refractivity contribution in [3.8, 4) is 0 Å². The van der Waals surface area contributed by atoms with Crippen LogP contribution >= 0.6 is 11.3 Å². The van der Waals surface area contributed by atoms with E-state index >= 15 is 0 Å². The second-order valence-corrected chi connectivity index (χ2v) is 6.88. The first-order valence-electron chi connectivity index (χ1n) is 4.65. The van der Waals surface area contributed by atoms with Crippen molar-refractivity contribution in [3.05, 3.63) is 22.0 Å². The molecule has 0 aliphatic carbocycles. The van der Waals surface area contributed by atoms with Crippen LogP contribution in [0.1, 0.15) is 10.4 Å². The second kappa shape index (κ2) is 3.89. The van der Waals surface area contributed by atoms with E-state index in [0.29, 0.717) is 11.3 Å². The van der Waals surface area contributed by atoms with Gasteiger partial charge in [-0.05, 0) is 0 Å². The fourth-order valence-corrected chi connectivity index (χ4v) is 3.32. The van der Waals surface area contributed by atoms with Crippen molar-refractivity contribution in [1.29, 1.82) is 0 Å². The van der Waals surface area contributed by atoms with E-state index in [2.05, 4.69) is 4.98 Å². The molecule has 0 radical (unpaired) electrons. The lowest BCUT2D eigenvalue weighted by Crippen LogP contribution is -2.16. The number of pyridine rings is 1. The molecule has 2 rings (SSSR count). The smallest absolute Gasteiger partial charge is 0.341 e. The number of hydrogen-bond donors (Lipinski definition) is 1. The minimum Gasteiger partial charge on any atom is -0.477 e. The van der Waals surface area contributed by atoms with Crippen LogP contribution in [0.2, 0.25) is 0 Å². The van der Waals surface area contributed by atoms with Gasteiger partial charge in [-0.1, -0.05) is 11.3 Å². The SMILES string of the molecule is Cn1cc(C(=O)O)c(=O)c2sc(S(C)(=O)=O)nc21. The van der Waals surface area contributed by atoms with Gasteiger partial charge in [-0.3, -0.25) is 4.79 Å². The molecular weight excluding hydrogens is 280 g/mol. The number of nitrogens with zero attached hydrogens (tertiary/aromatic N) is 2. The highest BCUT2D eigenvalue weighted by Crippen LogP contribution is 2.22. The summed E-state index contributed by atoms with van der Waals surface area (Å²) in [5.41, 5.74) is -0.966. The first kappa shape index (κ1) is 12.7. The van der Waals surface area contributed by atoms with E-state index in [-0.39, 0.29) is 14.7 Å². The summed E-state index contributed by atoms with van der Waals surface area (Å²) < 4.78 is 23.9. The van der Waals surface area contributed by atoms with Crippen LogP contribution in [0.5, 0.6) is 0 Å². The van der Waals surface area contributed by atoms with Gasteiger partial charge in [-0.25, -0.2) is 18.2 Å². The summed E-state index contributed by atoms with van der Waals surface area (Å²) in [7, 11) is -2.02. The molecule has 18 heavy (non-hydrogen) atoms. The van der Waals surface area contributed by atoms with Gasteiger partial charge in [0, 0.05) is 19.5 Å². The Morgan fingerprint density at radius 3 is 2.61 bits per heavy atom. The minimum atomic E-state index is -3.52. The van der Waals surface area contributed by atoms with Crippen LogP contribution in [0.4, 0.5) is 0 Å². The van der Waals surface area contributed by atoms with Gasteiger partial charge in [-0.2, -0.15) is 0 Å². The normalized spacial score (nSPS) is 11.9. The third kappa shape index (κ3) is 1.91. The van der Waals surface area contributed by atoms with Gasteiger partial charge >= 0.3 is 5.97 Å². The summed E-state index contributed by atoms with van der Waals surface area (Å²) in [5, 5.41) is 8.87. The Labute approximate surface area is 105 Å². The maximum absolute atomic E-state index is 11.8. The van der Waals surface area contributed by atoms with Crippen molar-refractivity contribution in [3.63, 3.8) is 0 Å². The number of aromatic carboxylic acids is 1. The Hall–Kier alpha value is -1.74. The molecule has 0 atom stereocenters. The van der Waals surface area contributed by atoms with Gasteiger partial charge in [0.25, 0.3) is 0 Å². The van der Waals surface area contributed by atoms with Crippen molar-refractivity contribution in [2.45, 2.75) is 4.34 Å². The molecule has 96 valence electrons. The first-order chi connectivity index (χ1) is 8.21. The summed E-state index contributed by atoms with van der Waals surface area (Å²) in [4.78, 5) is 26.6. The van der Waals surface area contributed by atoms with Gasteiger partial charge in [0.15, 0.2) is 5.65 Å². The zero-order valence-corrected chi connectivity index (χ0v) is 11.0. The summed E-state index contributed by atoms with van der Waals surface area (Å²) in [6, 6.07) is 0. The molecule has 0 aliphatic heterocycles. The first-order valence-corrected chi connectivity index (χ1v) is 7.36. The van der Waals surface area contributed by atoms with Crippen LogP contribution in [-0.4, -0.2) is 35.3 Å². The van der Waals surface area contributed by atoms with Crippen LogP contribution < -0.4 is 5.43 Å². The Bertz CT molecular complexity index is 815. The molecule has 0 amide bonds. The Balaban J connectivity index is 2.94. The van der Waals surface area contributed by atoms with Crippen molar-refractivity contribution < 1.29 is 18.3 Å². The van der Waals surface area contributed by atoms with E-state index in [4.69, 9.17) is 5.11 Å². The summed E-state index contributed by atoms with van der Waals surface area (Å²) in [6.07, 6.45) is 2.10. The molecule has 9 heteroatoms. The number of aromatic nitrogens is 2. The van der Waals surface area contributed by atoms with Crippen molar-refractivity contribution in [2.75, 3.05) is 6.26 Å². The number of hydrogen-bond acceptors (Lipinski definition) is 6. The fourth-order valence-electron chi connectivity index (χ4n) is 1.43. The lowest BCUT2D eigenvalue weighted by molar-refractivity contribution is 0.0695. The number of fused-ring (bicyclic) bond motifs is 1. The maximum atomic E-state index is 11.8. The zero-order valence-electron chi connectivity index (χ0n) is 9.37. The predicted molar refractivity (Wildman–Crippen MR) is 64.9 cm³/mol. The van der Waals surface area contributed by atoms with Crippen molar-refractivity contribution in [2.24, 2.45) is 7.05 Å². The van der Waals surface area contributed by atoms with E-state index in [0.717, 1.165) is 12.5 Å². The van der Waals surface area contributed by atoms with Gasteiger partial charge < -0.3 is 9.67 Å².